The van der Waals surface area contributed by atoms with Gasteiger partial charge in [-0.2, -0.15) is 0 Å². The Kier molecular flexibility index (Phi) is 4.98. The number of rotatable bonds is 5. The summed E-state index contributed by atoms with van der Waals surface area (Å²) in [7, 11) is 3.03. The molecule has 18 heavy (non-hydrogen) atoms. The SMILES string of the molecule is CNC(=O)COc1ccc(/C(C)=N/O)cc1OC. The van der Waals surface area contributed by atoms with E-state index in [4.69, 9.17) is 14.7 Å². The van der Waals surface area contributed by atoms with E-state index in [1.165, 1.54) is 14.2 Å². The second-order valence-corrected chi connectivity index (χ2v) is 3.51. The van der Waals surface area contributed by atoms with Gasteiger partial charge in [-0.1, -0.05) is 5.16 Å². The molecule has 0 aliphatic heterocycles. The fraction of sp³-hybridized carbons (Fsp3) is 0.333. The second-order valence-electron chi connectivity index (χ2n) is 3.51. The summed E-state index contributed by atoms with van der Waals surface area (Å²) in [6, 6.07) is 5.05. The summed E-state index contributed by atoms with van der Waals surface area (Å²) >= 11 is 0. The topological polar surface area (TPSA) is 80.2 Å². The summed E-state index contributed by atoms with van der Waals surface area (Å²) in [6.45, 7) is 1.58. The van der Waals surface area contributed by atoms with E-state index in [-0.39, 0.29) is 12.5 Å². The van der Waals surface area contributed by atoms with Crippen LogP contribution in [0.2, 0.25) is 0 Å². The molecule has 1 rings (SSSR count). The van der Waals surface area contributed by atoms with E-state index >= 15 is 0 Å². The van der Waals surface area contributed by atoms with Crippen LogP contribution in [0.4, 0.5) is 0 Å². The van der Waals surface area contributed by atoms with Gasteiger partial charge >= 0.3 is 0 Å². The molecule has 0 aliphatic carbocycles. The van der Waals surface area contributed by atoms with Gasteiger partial charge in [0.2, 0.25) is 0 Å². The highest BCUT2D eigenvalue weighted by Gasteiger charge is 2.09. The van der Waals surface area contributed by atoms with Gasteiger partial charge in [-0.05, 0) is 25.1 Å². The second kappa shape index (κ2) is 6.48. The fourth-order valence-electron chi connectivity index (χ4n) is 1.29. The van der Waals surface area contributed by atoms with Gasteiger partial charge in [0.15, 0.2) is 18.1 Å². The standard InChI is InChI=1S/C12H16N2O4/c1-8(14-16)9-4-5-10(11(6-9)17-3)18-7-12(15)13-2/h4-6,16H,7H2,1-3H3,(H,13,15)/b14-8+. The zero-order chi connectivity index (χ0) is 13.5. The largest absolute Gasteiger partial charge is 0.493 e. The molecule has 0 aliphatic rings. The van der Waals surface area contributed by atoms with Crippen LogP contribution in [-0.4, -0.2) is 37.6 Å². The number of likely N-dealkylation sites (N-methyl/N-ethyl adjacent to an activating group) is 1. The number of carbonyl (C=O) groups excluding carboxylic acids is 1. The fourth-order valence-corrected chi connectivity index (χ4v) is 1.29. The molecule has 1 aromatic carbocycles. The molecule has 6 heteroatoms. The monoisotopic (exact) mass is 252 g/mol. The van der Waals surface area contributed by atoms with Gasteiger partial charge in [0, 0.05) is 12.6 Å². The lowest BCUT2D eigenvalue weighted by Gasteiger charge is -2.11. The van der Waals surface area contributed by atoms with Crippen molar-refractivity contribution in [3.63, 3.8) is 0 Å². The summed E-state index contributed by atoms with van der Waals surface area (Å²) in [4.78, 5) is 11.1. The highest BCUT2D eigenvalue weighted by atomic mass is 16.5. The molecule has 0 radical (unpaired) electrons. The van der Waals surface area contributed by atoms with Gasteiger partial charge in [-0.25, -0.2) is 0 Å². The van der Waals surface area contributed by atoms with Crippen LogP contribution in [0.25, 0.3) is 0 Å². The van der Waals surface area contributed by atoms with Crippen LogP contribution < -0.4 is 14.8 Å². The summed E-state index contributed by atoms with van der Waals surface area (Å²) < 4.78 is 10.5. The minimum absolute atomic E-state index is 0.0840. The third kappa shape index (κ3) is 3.38. The molecular formula is C12H16N2O4. The highest BCUT2D eigenvalue weighted by molar-refractivity contribution is 5.98. The molecule has 0 saturated heterocycles. The molecule has 0 fully saturated rings. The minimum atomic E-state index is -0.228. The maximum atomic E-state index is 11.1. The number of hydrogen-bond donors (Lipinski definition) is 2. The van der Waals surface area contributed by atoms with Gasteiger partial charge in [0.1, 0.15) is 0 Å². The van der Waals surface area contributed by atoms with Gasteiger partial charge < -0.3 is 20.0 Å². The molecule has 1 amide bonds. The van der Waals surface area contributed by atoms with Crippen LogP contribution in [0, 0.1) is 0 Å². The third-order valence-electron chi connectivity index (χ3n) is 2.37. The van der Waals surface area contributed by atoms with Crippen molar-refractivity contribution in [1.82, 2.24) is 5.32 Å². The quantitative estimate of drug-likeness (QED) is 0.466. The molecule has 0 atom stereocenters. The Morgan fingerprint density at radius 3 is 2.72 bits per heavy atom. The summed E-state index contributed by atoms with van der Waals surface area (Å²) in [5.41, 5.74) is 1.17. The number of methoxy groups -OCH3 is 1. The predicted molar refractivity (Wildman–Crippen MR) is 66.6 cm³/mol. The Labute approximate surface area is 105 Å². The molecule has 0 saturated carbocycles. The normalized spacial score (nSPS) is 10.9. The third-order valence-corrected chi connectivity index (χ3v) is 2.37. The first kappa shape index (κ1) is 13.8. The molecule has 1 aromatic rings. The Balaban J connectivity index is 2.90. The predicted octanol–water partition coefficient (Wildman–Crippen LogP) is 1.02. The van der Waals surface area contributed by atoms with Crippen LogP contribution in [-0.2, 0) is 4.79 Å². The van der Waals surface area contributed by atoms with E-state index in [2.05, 4.69) is 10.5 Å². The van der Waals surface area contributed by atoms with Crippen LogP contribution in [0.3, 0.4) is 0 Å². The minimum Gasteiger partial charge on any atom is -0.493 e. The number of oxime groups is 1. The number of benzene rings is 1. The van der Waals surface area contributed by atoms with E-state index in [1.54, 1.807) is 25.1 Å². The van der Waals surface area contributed by atoms with Crippen molar-refractivity contribution in [2.75, 3.05) is 20.8 Å². The van der Waals surface area contributed by atoms with Crippen LogP contribution in [0.1, 0.15) is 12.5 Å². The van der Waals surface area contributed by atoms with Crippen molar-refractivity contribution in [3.05, 3.63) is 23.8 Å². The highest BCUT2D eigenvalue weighted by Crippen LogP contribution is 2.28. The maximum absolute atomic E-state index is 11.1. The summed E-state index contributed by atoms with van der Waals surface area (Å²) in [5, 5.41) is 14.3. The number of nitrogens with one attached hydrogen (secondary N) is 1. The lowest BCUT2D eigenvalue weighted by atomic mass is 10.1. The smallest absolute Gasteiger partial charge is 0.257 e. The van der Waals surface area contributed by atoms with E-state index in [1.807, 2.05) is 0 Å². The van der Waals surface area contributed by atoms with Crippen LogP contribution >= 0.6 is 0 Å². The van der Waals surface area contributed by atoms with Crippen molar-refractivity contribution in [1.29, 1.82) is 0 Å². The Morgan fingerprint density at radius 1 is 1.44 bits per heavy atom. The lowest BCUT2D eigenvalue weighted by Crippen LogP contribution is -2.24. The Hall–Kier alpha value is -2.24. The van der Waals surface area contributed by atoms with Crippen molar-refractivity contribution in [3.8, 4) is 11.5 Å². The Bertz CT molecular complexity index is 457. The summed E-state index contributed by atoms with van der Waals surface area (Å²) in [5.74, 6) is 0.698. The molecule has 98 valence electrons. The van der Waals surface area contributed by atoms with Crippen molar-refractivity contribution < 1.29 is 19.5 Å². The number of nitrogens with zero attached hydrogens (tertiary/aromatic N) is 1. The number of hydrogen-bond acceptors (Lipinski definition) is 5. The first-order valence-corrected chi connectivity index (χ1v) is 5.32. The number of amides is 1. The molecule has 6 nitrogen and oxygen atoms in total. The molecular weight excluding hydrogens is 236 g/mol. The molecule has 0 aromatic heterocycles. The zero-order valence-electron chi connectivity index (χ0n) is 10.6. The van der Waals surface area contributed by atoms with E-state index in [0.717, 1.165) is 0 Å². The molecule has 0 heterocycles. The van der Waals surface area contributed by atoms with Gasteiger partial charge in [-0.15, -0.1) is 0 Å². The average molecular weight is 252 g/mol. The maximum Gasteiger partial charge on any atom is 0.257 e. The first-order chi connectivity index (χ1) is 8.62. The lowest BCUT2D eigenvalue weighted by molar-refractivity contribution is -0.122. The zero-order valence-corrected chi connectivity index (χ0v) is 10.6. The van der Waals surface area contributed by atoms with Gasteiger partial charge in [0.25, 0.3) is 5.91 Å². The average Bonchev–Trinajstić information content (AvgIpc) is 2.43. The van der Waals surface area contributed by atoms with Crippen molar-refractivity contribution in [2.45, 2.75) is 6.92 Å². The van der Waals surface area contributed by atoms with Crippen LogP contribution in [0.5, 0.6) is 11.5 Å². The number of carbonyl (C=O) groups is 1. The van der Waals surface area contributed by atoms with E-state index in [0.29, 0.717) is 22.8 Å². The van der Waals surface area contributed by atoms with Crippen molar-refractivity contribution in [2.24, 2.45) is 5.16 Å². The van der Waals surface area contributed by atoms with E-state index in [9.17, 15) is 4.79 Å². The molecule has 2 N–H and O–H groups in total. The number of ether oxygens (including phenoxy) is 2. The van der Waals surface area contributed by atoms with Crippen molar-refractivity contribution >= 4 is 11.6 Å². The van der Waals surface area contributed by atoms with Gasteiger partial charge in [-0.3, -0.25) is 4.79 Å². The Morgan fingerprint density at radius 2 is 2.17 bits per heavy atom. The van der Waals surface area contributed by atoms with Crippen LogP contribution in [0.15, 0.2) is 23.4 Å². The molecule has 0 bridgehead atoms. The summed E-state index contributed by atoms with van der Waals surface area (Å²) in [6.07, 6.45) is 0. The molecule has 0 spiro atoms. The first-order valence-electron chi connectivity index (χ1n) is 5.32. The van der Waals surface area contributed by atoms with Gasteiger partial charge in [0.05, 0.1) is 12.8 Å². The molecule has 0 unspecified atom stereocenters. The van der Waals surface area contributed by atoms with E-state index < -0.39 is 0 Å².